The molecule has 4 rings (SSSR count). The van der Waals surface area contributed by atoms with Crippen LogP contribution in [0, 0.1) is 6.92 Å². The van der Waals surface area contributed by atoms with Crippen molar-refractivity contribution in [2.75, 3.05) is 19.5 Å². The van der Waals surface area contributed by atoms with Gasteiger partial charge in [-0.3, -0.25) is 9.48 Å². The summed E-state index contributed by atoms with van der Waals surface area (Å²) in [5, 5.41) is 8.03. The Morgan fingerprint density at radius 2 is 1.97 bits per heavy atom. The number of hydrogen-bond donors (Lipinski definition) is 1. The van der Waals surface area contributed by atoms with E-state index in [-0.39, 0.29) is 11.8 Å². The number of methoxy groups -OCH3 is 2. The summed E-state index contributed by atoms with van der Waals surface area (Å²) in [6.45, 7) is 2.66. The first-order valence-electron chi connectivity index (χ1n) is 9.34. The molecule has 1 aromatic heterocycles. The minimum Gasteiger partial charge on any atom is -0.493 e. The monoisotopic (exact) mass is 411 g/mol. The molecule has 3 aromatic rings. The Kier molecular flexibility index (Phi) is 5.20. The van der Waals surface area contributed by atoms with Crippen molar-refractivity contribution < 1.29 is 14.3 Å². The molecule has 1 amide bonds. The van der Waals surface area contributed by atoms with Crippen LogP contribution in [-0.2, 0) is 11.3 Å². The van der Waals surface area contributed by atoms with Gasteiger partial charge in [0.15, 0.2) is 17.3 Å². The van der Waals surface area contributed by atoms with E-state index in [4.69, 9.17) is 21.1 Å². The Balaban J connectivity index is 1.78. The predicted molar refractivity (Wildman–Crippen MR) is 112 cm³/mol. The minimum absolute atomic E-state index is 0.0715. The maximum atomic E-state index is 12.4. The van der Waals surface area contributed by atoms with Crippen LogP contribution in [0.1, 0.15) is 34.7 Å². The van der Waals surface area contributed by atoms with E-state index in [9.17, 15) is 4.79 Å². The Morgan fingerprint density at radius 1 is 1.21 bits per heavy atom. The van der Waals surface area contributed by atoms with Gasteiger partial charge in [0.05, 0.1) is 25.8 Å². The molecule has 0 bridgehead atoms. The van der Waals surface area contributed by atoms with Crippen molar-refractivity contribution in [1.29, 1.82) is 0 Å². The van der Waals surface area contributed by atoms with Gasteiger partial charge >= 0.3 is 0 Å². The standard InChI is InChI=1S/C22H22ClN3O3/c1-13-20-16(15-9-17(23)21(29-3)18(10-15)28-2)11-19(27)24-22(20)25-26(13)12-14-7-5-4-6-8-14/h4-10,16H,11-12H2,1-3H3,(H,24,25,27). The number of amides is 1. The number of carbonyl (C=O) groups excluding carboxylic acids is 1. The van der Waals surface area contributed by atoms with Crippen molar-refractivity contribution in [3.63, 3.8) is 0 Å². The van der Waals surface area contributed by atoms with E-state index in [0.29, 0.717) is 35.3 Å². The Hall–Kier alpha value is -2.99. The zero-order valence-electron chi connectivity index (χ0n) is 16.5. The molecule has 0 spiro atoms. The molecule has 0 saturated heterocycles. The van der Waals surface area contributed by atoms with Gasteiger partial charge in [0, 0.05) is 23.6 Å². The fourth-order valence-electron chi connectivity index (χ4n) is 3.87. The summed E-state index contributed by atoms with van der Waals surface area (Å²) in [7, 11) is 3.12. The van der Waals surface area contributed by atoms with Crippen LogP contribution in [0.4, 0.5) is 5.82 Å². The zero-order chi connectivity index (χ0) is 20.5. The lowest BCUT2D eigenvalue weighted by Gasteiger charge is -2.24. The summed E-state index contributed by atoms with van der Waals surface area (Å²) in [4.78, 5) is 12.4. The SMILES string of the molecule is COc1cc(C2CC(=O)Nc3nn(Cc4ccccc4)c(C)c32)cc(Cl)c1OC. The average Bonchev–Trinajstić information content (AvgIpc) is 3.02. The van der Waals surface area contributed by atoms with Gasteiger partial charge in [-0.1, -0.05) is 41.9 Å². The maximum absolute atomic E-state index is 12.4. The van der Waals surface area contributed by atoms with Gasteiger partial charge in [0.25, 0.3) is 0 Å². The lowest BCUT2D eigenvalue weighted by molar-refractivity contribution is -0.116. The molecule has 2 heterocycles. The van der Waals surface area contributed by atoms with Gasteiger partial charge in [-0.2, -0.15) is 5.10 Å². The molecule has 1 N–H and O–H groups in total. The summed E-state index contributed by atoms with van der Waals surface area (Å²) in [5.41, 5.74) is 4.06. The largest absolute Gasteiger partial charge is 0.493 e. The van der Waals surface area contributed by atoms with Gasteiger partial charge in [0.2, 0.25) is 5.91 Å². The van der Waals surface area contributed by atoms with Crippen molar-refractivity contribution in [3.05, 3.63) is 69.9 Å². The number of hydrogen-bond acceptors (Lipinski definition) is 4. The van der Waals surface area contributed by atoms with E-state index in [0.717, 1.165) is 22.4 Å². The third kappa shape index (κ3) is 3.56. The molecule has 0 fully saturated rings. The van der Waals surface area contributed by atoms with Crippen LogP contribution in [0.15, 0.2) is 42.5 Å². The second-order valence-electron chi connectivity index (χ2n) is 7.03. The zero-order valence-corrected chi connectivity index (χ0v) is 17.3. The number of rotatable bonds is 5. The highest BCUT2D eigenvalue weighted by Crippen LogP contribution is 2.44. The molecule has 150 valence electrons. The van der Waals surface area contributed by atoms with Gasteiger partial charge < -0.3 is 14.8 Å². The number of nitrogens with zero attached hydrogens (tertiary/aromatic N) is 2. The number of anilines is 1. The number of nitrogens with one attached hydrogen (secondary N) is 1. The molecule has 1 atom stereocenters. The first-order chi connectivity index (χ1) is 14.0. The molecule has 1 unspecified atom stereocenters. The van der Waals surface area contributed by atoms with E-state index in [1.807, 2.05) is 41.9 Å². The van der Waals surface area contributed by atoms with Gasteiger partial charge in [-0.05, 0) is 30.2 Å². The van der Waals surface area contributed by atoms with Crippen LogP contribution in [0.25, 0.3) is 0 Å². The minimum atomic E-state index is -0.166. The van der Waals surface area contributed by atoms with Crippen LogP contribution in [0.3, 0.4) is 0 Å². The first kappa shape index (κ1) is 19.3. The third-order valence-electron chi connectivity index (χ3n) is 5.28. The van der Waals surface area contributed by atoms with Crippen LogP contribution in [0.5, 0.6) is 11.5 Å². The molecule has 1 aliphatic heterocycles. The summed E-state index contributed by atoms with van der Waals surface area (Å²) in [6.07, 6.45) is 0.316. The normalized spacial score (nSPS) is 15.6. The number of carbonyl (C=O) groups is 1. The quantitative estimate of drug-likeness (QED) is 0.676. The van der Waals surface area contributed by atoms with Gasteiger partial charge in [-0.25, -0.2) is 0 Å². The molecule has 0 saturated carbocycles. The molecule has 7 heteroatoms. The molecule has 0 aliphatic carbocycles. The Labute approximate surface area is 174 Å². The highest BCUT2D eigenvalue weighted by Gasteiger charge is 2.33. The van der Waals surface area contributed by atoms with Crippen LogP contribution in [0.2, 0.25) is 5.02 Å². The summed E-state index contributed by atoms with van der Waals surface area (Å²) < 4.78 is 12.7. The highest BCUT2D eigenvalue weighted by molar-refractivity contribution is 6.32. The Bertz CT molecular complexity index is 1060. The molecule has 29 heavy (non-hydrogen) atoms. The molecule has 6 nitrogen and oxygen atoms in total. The molecular formula is C22H22ClN3O3. The van der Waals surface area contributed by atoms with E-state index in [1.165, 1.54) is 0 Å². The number of halogens is 1. The topological polar surface area (TPSA) is 65.4 Å². The van der Waals surface area contributed by atoms with Gasteiger partial charge in [0.1, 0.15) is 0 Å². The fourth-order valence-corrected chi connectivity index (χ4v) is 4.17. The second kappa shape index (κ2) is 7.79. The number of fused-ring (bicyclic) bond motifs is 1. The number of benzene rings is 2. The van der Waals surface area contributed by atoms with Gasteiger partial charge in [-0.15, -0.1) is 0 Å². The molecule has 1 aliphatic rings. The maximum Gasteiger partial charge on any atom is 0.226 e. The lowest BCUT2D eigenvalue weighted by atomic mass is 9.85. The summed E-state index contributed by atoms with van der Waals surface area (Å²) in [5.74, 6) is 1.38. The van der Waals surface area contributed by atoms with Crippen LogP contribution in [-0.4, -0.2) is 29.9 Å². The molecule has 0 radical (unpaired) electrons. The summed E-state index contributed by atoms with van der Waals surface area (Å²) in [6, 6.07) is 13.8. The molecule has 2 aromatic carbocycles. The van der Waals surface area contributed by atoms with Crippen molar-refractivity contribution in [2.45, 2.75) is 25.8 Å². The smallest absolute Gasteiger partial charge is 0.226 e. The van der Waals surface area contributed by atoms with E-state index < -0.39 is 0 Å². The molecular weight excluding hydrogens is 390 g/mol. The van der Waals surface area contributed by atoms with Crippen LogP contribution < -0.4 is 14.8 Å². The third-order valence-corrected chi connectivity index (χ3v) is 5.56. The highest BCUT2D eigenvalue weighted by atomic mass is 35.5. The van der Waals surface area contributed by atoms with Crippen molar-refractivity contribution in [1.82, 2.24) is 9.78 Å². The van der Waals surface area contributed by atoms with E-state index in [1.54, 1.807) is 14.2 Å². The van der Waals surface area contributed by atoms with Crippen molar-refractivity contribution in [3.8, 4) is 11.5 Å². The van der Waals surface area contributed by atoms with E-state index >= 15 is 0 Å². The first-order valence-corrected chi connectivity index (χ1v) is 9.72. The predicted octanol–water partition coefficient (Wildman–Crippen LogP) is 4.38. The number of aromatic nitrogens is 2. The van der Waals surface area contributed by atoms with E-state index in [2.05, 4.69) is 22.5 Å². The lowest BCUT2D eigenvalue weighted by Crippen LogP contribution is -2.23. The summed E-state index contributed by atoms with van der Waals surface area (Å²) >= 11 is 6.42. The Morgan fingerprint density at radius 3 is 2.66 bits per heavy atom. The van der Waals surface area contributed by atoms with Crippen molar-refractivity contribution in [2.24, 2.45) is 0 Å². The van der Waals surface area contributed by atoms with Crippen molar-refractivity contribution >= 4 is 23.3 Å². The second-order valence-corrected chi connectivity index (χ2v) is 7.44. The fraction of sp³-hybridized carbons (Fsp3) is 0.273. The average molecular weight is 412 g/mol. The van der Waals surface area contributed by atoms with Crippen LogP contribution >= 0.6 is 11.6 Å². The number of ether oxygens (including phenoxy) is 2.